The largest absolute Gasteiger partial charge is 0.0646 e. The van der Waals surface area contributed by atoms with Crippen LogP contribution in [0.5, 0.6) is 0 Å². The van der Waals surface area contributed by atoms with Gasteiger partial charge in [-0.25, -0.2) is 0 Å². The van der Waals surface area contributed by atoms with Crippen molar-refractivity contribution in [1.29, 1.82) is 0 Å². The second kappa shape index (κ2) is 13.2. The third-order valence-electron chi connectivity index (χ3n) is 10.5. The van der Waals surface area contributed by atoms with Crippen molar-refractivity contribution in [3.05, 3.63) is 191 Å². The van der Waals surface area contributed by atoms with E-state index in [1.54, 1.807) is 0 Å². The standard InChI is InChI=1S/C47H42P2/c1-33-29-35-25-27-41(48(37-17-9-5-10-18-37)38-19-11-6-12-20-38)31-43(35)45(33)47(3,4)46-34(2)30-36-26-28-42(32-44(36)46)49(39-21-13-7-14-22-39)40-23-15-8-16-24-40/h5-32,45-46H,1-4H3. The number of hydrogen-bond donors (Lipinski definition) is 0. The fraction of sp³-hybridized carbons (Fsp3) is 0.149. The molecule has 8 rings (SSSR count). The first-order valence-corrected chi connectivity index (χ1v) is 20.0. The summed E-state index contributed by atoms with van der Waals surface area (Å²) in [5.74, 6) is 0.636. The Hall–Kier alpha value is -4.34. The molecule has 0 saturated carbocycles. The van der Waals surface area contributed by atoms with Crippen molar-refractivity contribution in [2.24, 2.45) is 5.41 Å². The molecule has 2 aliphatic carbocycles. The van der Waals surface area contributed by atoms with Crippen LogP contribution in [0, 0.1) is 5.41 Å². The summed E-state index contributed by atoms with van der Waals surface area (Å²) in [6.45, 7) is 9.77. The lowest BCUT2D eigenvalue weighted by molar-refractivity contribution is 0.275. The van der Waals surface area contributed by atoms with E-state index < -0.39 is 15.8 Å². The highest BCUT2D eigenvalue weighted by molar-refractivity contribution is 7.80. The predicted molar refractivity (Wildman–Crippen MR) is 217 cm³/mol. The number of allylic oxidation sites excluding steroid dienone is 2. The van der Waals surface area contributed by atoms with Gasteiger partial charge in [0.1, 0.15) is 0 Å². The molecule has 2 heteroatoms. The monoisotopic (exact) mass is 668 g/mol. The Morgan fingerprint density at radius 3 is 1.00 bits per heavy atom. The second-order valence-electron chi connectivity index (χ2n) is 14.1. The number of hydrogen-bond acceptors (Lipinski definition) is 0. The Balaban J connectivity index is 1.21. The predicted octanol–water partition coefficient (Wildman–Crippen LogP) is 9.93. The third kappa shape index (κ3) is 5.87. The lowest BCUT2D eigenvalue weighted by atomic mass is 9.62. The summed E-state index contributed by atoms with van der Waals surface area (Å²) < 4.78 is 0. The first-order valence-electron chi connectivity index (χ1n) is 17.3. The summed E-state index contributed by atoms with van der Waals surface area (Å²) in [7, 11) is -1.34. The molecule has 2 aliphatic rings. The third-order valence-corrected chi connectivity index (χ3v) is 15.3. The molecule has 0 fully saturated rings. The van der Waals surface area contributed by atoms with E-state index in [0.717, 1.165) is 0 Å². The minimum absolute atomic E-state index is 0.0422. The summed E-state index contributed by atoms with van der Waals surface area (Å²) in [5.41, 5.74) is 8.60. The van der Waals surface area contributed by atoms with Crippen LogP contribution in [-0.4, -0.2) is 0 Å². The quantitative estimate of drug-likeness (QED) is 0.142. The van der Waals surface area contributed by atoms with Gasteiger partial charge in [-0.15, -0.1) is 0 Å². The molecule has 0 nitrogen and oxygen atoms in total. The Morgan fingerprint density at radius 1 is 0.388 bits per heavy atom. The summed E-state index contributed by atoms with van der Waals surface area (Å²) >= 11 is 0. The Kier molecular flexibility index (Phi) is 8.58. The summed E-state index contributed by atoms with van der Waals surface area (Å²) in [6, 6.07) is 59.1. The maximum Gasteiger partial charge on any atom is 0.0115 e. The molecule has 49 heavy (non-hydrogen) atoms. The van der Waals surface area contributed by atoms with Gasteiger partial charge in [-0.05, 0) is 101 Å². The van der Waals surface area contributed by atoms with E-state index in [4.69, 9.17) is 0 Å². The molecule has 2 atom stereocenters. The van der Waals surface area contributed by atoms with Gasteiger partial charge in [0.2, 0.25) is 0 Å². The van der Waals surface area contributed by atoms with E-state index in [-0.39, 0.29) is 5.41 Å². The molecule has 0 radical (unpaired) electrons. The lowest BCUT2D eigenvalue weighted by Gasteiger charge is -2.41. The van der Waals surface area contributed by atoms with Gasteiger partial charge in [0.25, 0.3) is 0 Å². The van der Waals surface area contributed by atoms with Gasteiger partial charge in [0, 0.05) is 11.8 Å². The molecule has 0 aliphatic heterocycles. The Bertz CT molecular complexity index is 1930. The molecule has 0 aromatic heterocycles. The summed E-state index contributed by atoms with van der Waals surface area (Å²) in [5, 5.41) is 8.43. The normalized spacial score (nSPS) is 16.8. The fourth-order valence-corrected chi connectivity index (χ4v) is 13.3. The van der Waals surface area contributed by atoms with E-state index in [9.17, 15) is 0 Å². The van der Waals surface area contributed by atoms with Crippen molar-refractivity contribution in [1.82, 2.24) is 0 Å². The Labute approximate surface area is 294 Å². The maximum atomic E-state index is 2.57. The molecule has 0 bridgehead atoms. The summed E-state index contributed by atoms with van der Waals surface area (Å²) in [4.78, 5) is 0. The van der Waals surface area contributed by atoms with E-state index in [2.05, 4.69) is 198 Å². The van der Waals surface area contributed by atoms with Crippen LogP contribution in [0.4, 0.5) is 0 Å². The SMILES string of the molecule is CC1=Cc2ccc(P(c3ccccc3)c3ccccc3)cc2C1C(C)(C)C1C(C)=Cc2ccc(P(c3ccccc3)c3ccccc3)cc21. The van der Waals surface area contributed by atoms with Crippen LogP contribution >= 0.6 is 15.8 Å². The van der Waals surface area contributed by atoms with E-state index in [1.165, 1.54) is 65.2 Å². The van der Waals surface area contributed by atoms with Crippen LogP contribution in [-0.2, 0) is 0 Å². The molecular weight excluding hydrogens is 626 g/mol. The van der Waals surface area contributed by atoms with Gasteiger partial charge >= 0.3 is 0 Å². The van der Waals surface area contributed by atoms with Gasteiger partial charge in [-0.2, -0.15) is 0 Å². The van der Waals surface area contributed by atoms with Crippen LogP contribution in [0.15, 0.2) is 169 Å². The molecule has 0 amide bonds. The number of fused-ring (bicyclic) bond motifs is 2. The molecule has 6 aromatic rings. The zero-order valence-corrected chi connectivity index (χ0v) is 30.5. The van der Waals surface area contributed by atoms with Crippen molar-refractivity contribution in [2.45, 2.75) is 39.5 Å². The first kappa shape index (κ1) is 31.9. The fourth-order valence-electron chi connectivity index (χ4n) is 8.66. The average Bonchev–Trinajstić information content (AvgIpc) is 3.65. The first-order chi connectivity index (χ1) is 23.9. The summed E-state index contributed by atoms with van der Waals surface area (Å²) in [6.07, 6.45) is 4.91. The topological polar surface area (TPSA) is 0 Å². The molecule has 0 spiro atoms. The lowest BCUT2D eigenvalue weighted by Crippen LogP contribution is -2.31. The van der Waals surface area contributed by atoms with Crippen molar-refractivity contribution < 1.29 is 0 Å². The Morgan fingerprint density at radius 2 is 0.694 bits per heavy atom. The van der Waals surface area contributed by atoms with E-state index >= 15 is 0 Å². The number of benzene rings is 6. The zero-order chi connectivity index (χ0) is 33.5. The highest BCUT2D eigenvalue weighted by atomic mass is 31.1. The van der Waals surface area contributed by atoms with Crippen molar-refractivity contribution in [3.63, 3.8) is 0 Å². The smallest absolute Gasteiger partial charge is 0.0115 e. The zero-order valence-electron chi connectivity index (χ0n) is 28.7. The second-order valence-corrected chi connectivity index (χ2v) is 18.5. The van der Waals surface area contributed by atoms with Gasteiger partial charge in [0.05, 0.1) is 0 Å². The number of rotatable bonds is 8. The van der Waals surface area contributed by atoms with Crippen LogP contribution in [0.2, 0.25) is 0 Å². The molecule has 6 aromatic carbocycles. The highest BCUT2D eigenvalue weighted by Crippen LogP contribution is 2.58. The van der Waals surface area contributed by atoms with E-state index in [1.807, 2.05) is 0 Å². The molecule has 0 heterocycles. The highest BCUT2D eigenvalue weighted by Gasteiger charge is 2.45. The minimum Gasteiger partial charge on any atom is -0.0646 e. The van der Waals surface area contributed by atoms with Crippen molar-refractivity contribution in [2.75, 3.05) is 0 Å². The molecular formula is C47H42P2. The molecule has 0 N–H and O–H groups in total. The van der Waals surface area contributed by atoms with Crippen LogP contribution in [0.1, 0.15) is 61.8 Å². The van der Waals surface area contributed by atoms with Crippen molar-refractivity contribution >= 4 is 59.8 Å². The van der Waals surface area contributed by atoms with Crippen molar-refractivity contribution in [3.8, 4) is 0 Å². The minimum atomic E-state index is -0.671. The van der Waals surface area contributed by atoms with Crippen LogP contribution in [0.25, 0.3) is 12.2 Å². The van der Waals surface area contributed by atoms with Crippen LogP contribution in [0.3, 0.4) is 0 Å². The maximum absolute atomic E-state index is 2.57. The van der Waals surface area contributed by atoms with Gasteiger partial charge in [0.15, 0.2) is 0 Å². The molecule has 0 saturated heterocycles. The van der Waals surface area contributed by atoms with Gasteiger partial charge in [-0.3, -0.25) is 0 Å². The molecule has 2 unspecified atom stereocenters. The van der Waals surface area contributed by atoms with E-state index in [0.29, 0.717) is 11.8 Å². The average molecular weight is 669 g/mol. The van der Waals surface area contributed by atoms with Gasteiger partial charge in [-0.1, -0.05) is 183 Å². The van der Waals surface area contributed by atoms with Gasteiger partial charge < -0.3 is 0 Å². The molecule has 240 valence electrons. The van der Waals surface area contributed by atoms with Crippen LogP contribution < -0.4 is 31.8 Å².